The molecule has 0 bridgehead atoms. The van der Waals surface area contributed by atoms with E-state index in [0.717, 1.165) is 15.2 Å². The number of furan rings is 1. The van der Waals surface area contributed by atoms with Gasteiger partial charge in [0.15, 0.2) is 10.8 Å². The Kier molecular flexibility index (Phi) is 5.82. The largest absolute Gasteiger partial charge is 0.457 e. The molecule has 140 valence electrons. The second-order valence-corrected chi connectivity index (χ2v) is 6.75. The molecule has 8 nitrogen and oxygen atoms in total. The number of thiazole rings is 1. The maximum absolute atomic E-state index is 11.8. The van der Waals surface area contributed by atoms with Gasteiger partial charge in [0.1, 0.15) is 5.76 Å². The van der Waals surface area contributed by atoms with Crippen molar-refractivity contribution in [3.05, 3.63) is 42.2 Å². The van der Waals surface area contributed by atoms with E-state index in [1.807, 2.05) is 30.3 Å². The number of para-hydroxylation sites is 1. The molecule has 9 heteroatoms. The standard InChI is InChI=1S/C18H18N4O4S/c1-11(23)19-9-16(24)21-10-17(25)20-8-12-6-7-14(26-12)18-22-13-4-2-3-5-15(13)27-18/h2-7H,8-10H2,1H3,(H,19,23)(H,20,25)(H,21,24). The van der Waals surface area contributed by atoms with Gasteiger partial charge in [-0.3, -0.25) is 14.4 Å². The molecule has 3 aromatic rings. The smallest absolute Gasteiger partial charge is 0.239 e. The molecule has 0 aliphatic rings. The van der Waals surface area contributed by atoms with Crippen LogP contribution in [0.15, 0.2) is 40.8 Å². The number of nitrogens with one attached hydrogen (secondary N) is 3. The number of hydrogen-bond donors (Lipinski definition) is 3. The summed E-state index contributed by atoms with van der Waals surface area (Å²) in [5.74, 6) is 0.128. The zero-order valence-corrected chi connectivity index (χ0v) is 15.4. The predicted molar refractivity (Wildman–Crippen MR) is 101 cm³/mol. The molecule has 0 spiro atoms. The third kappa shape index (κ3) is 5.14. The Morgan fingerprint density at radius 1 is 1.00 bits per heavy atom. The fourth-order valence-electron chi connectivity index (χ4n) is 2.26. The number of fused-ring (bicyclic) bond motifs is 1. The van der Waals surface area contributed by atoms with Gasteiger partial charge < -0.3 is 20.4 Å². The van der Waals surface area contributed by atoms with Crippen molar-refractivity contribution in [1.29, 1.82) is 0 Å². The van der Waals surface area contributed by atoms with Crippen LogP contribution in [0.5, 0.6) is 0 Å². The summed E-state index contributed by atoms with van der Waals surface area (Å²) in [6, 6.07) is 11.4. The van der Waals surface area contributed by atoms with E-state index in [1.54, 1.807) is 6.07 Å². The zero-order valence-electron chi connectivity index (χ0n) is 14.6. The van der Waals surface area contributed by atoms with Crippen LogP contribution in [0, 0.1) is 0 Å². The van der Waals surface area contributed by atoms with Gasteiger partial charge in [-0.25, -0.2) is 4.98 Å². The molecule has 3 rings (SSSR count). The van der Waals surface area contributed by atoms with Crippen LogP contribution >= 0.6 is 11.3 Å². The highest BCUT2D eigenvalue weighted by Gasteiger charge is 2.11. The molecule has 0 saturated carbocycles. The molecule has 3 amide bonds. The van der Waals surface area contributed by atoms with Crippen LogP contribution in [-0.2, 0) is 20.9 Å². The van der Waals surface area contributed by atoms with Gasteiger partial charge in [-0.05, 0) is 24.3 Å². The van der Waals surface area contributed by atoms with Crippen LogP contribution in [0.25, 0.3) is 21.0 Å². The van der Waals surface area contributed by atoms with Gasteiger partial charge in [-0.15, -0.1) is 11.3 Å². The van der Waals surface area contributed by atoms with E-state index in [1.165, 1.54) is 18.3 Å². The Morgan fingerprint density at radius 2 is 1.74 bits per heavy atom. The Balaban J connectivity index is 1.48. The Bertz CT molecular complexity index is 946. The maximum atomic E-state index is 11.8. The first-order valence-electron chi connectivity index (χ1n) is 8.24. The van der Waals surface area contributed by atoms with Crippen LogP contribution in [0.1, 0.15) is 12.7 Å². The predicted octanol–water partition coefficient (Wildman–Crippen LogP) is 1.42. The highest BCUT2D eigenvalue weighted by Crippen LogP contribution is 2.30. The lowest BCUT2D eigenvalue weighted by atomic mass is 10.3. The molecule has 0 atom stereocenters. The molecular formula is C18H18N4O4S. The van der Waals surface area contributed by atoms with E-state index in [4.69, 9.17) is 4.42 Å². The van der Waals surface area contributed by atoms with Gasteiger partial charge in [-0.1, -0.05) is 12.1 Å². The summed E-state index contributed by atoms with van der Waals surface area (Å²) in [5.41, 5.74) is 0.916. The summed E-state index contributed by atoms with van der Waals surface area (Å²) in [7, 11) is 0. The highest BCUT2D eigenvalue weighted by atomic mass is 32.1. The molecule has 0 saturated heterocycles. The first kappa shape index (κ1) is 18.6. The number of carbonyl (C=O) groups excluding carboxylic acids is 3. The van der Waals surface area contributed by atoms with E-state index < -0.39 is 5.91 Å². The van der Waals surface area contributed by atoms with Crippen molar-refractivity contribution in [2.75, 3.05) is 13.1 Å². The van der Waals surface area contributed by atoms with Crippen molar-refractivity contribution in [3.63, 3.8) is 0 Å². The minimum atomic E-state index is -0.434. The summed E-state index contributed by atoms with van der Waals surface area (Å²) in [6.07, 6.45) is 0. The van der Waals surface area contributed by atoms with Crippen LogP contribution in [-0.4, -0.2) is 35.8 Å². The lowest BCUT2D eigenvalue weighted by molar-refractivity contribution is -0.127. The Morgan fingerprint density at radius 3 is 2.52 bits per heavy atom. The molecule has 0 aliphatic carbocycles. The minimum Gasteiger partial charge on any atom is -0.457 e. The van der Waals surface area contributed by atoms with Crippen LogP contribution in [0.4, 0.5) is 0 Å². The highest BCUT2D eigenvalue weighted by molar-refractivity contribution is 7.21. The third-order valence-corrected chi connectivity index (χ3v) is 4.62. The van der Waals surface area contributed by atoms with Crippen LogP contribution in [0.3, 0.4) is 0 Å². The minimum absolute atomic E-state index is 0.160. The average Bonchev–Trinajstić information content (AvgIpc) is 3.29. The van der Waals surface area contributed by atoms with Crippen molar-refractivity contribution >= 4 is 39.3 Å². The maximum Gasteiger partial charge on any atom is 0.239 e. The van der Waals surface area contributed by atoms with Gasteiger partial charge in [0, 0.05) is 6.92 Å². The van der Waals surface area contributed by atoms with Crippen molar-refractivity contribution < 1.29 is 18.8 Å². The summed E-state index contributed by atoms with van der Waals surface area (Å²) >= 11 is 1.54. The quantitative estimate of drug-likeness (QED) is 0.568. The molecule has 0 unspecified atom stereocenters. The second kappa shape index (κ2) is 8.45. The van der Waals surface area contributed by atoms with E-state index >= 15 is 0 Å². The molecule has 27 heavy (non-hydrogen) atoms. The number of nitrogens with zero attached hydrogens (tertiary/aromatic N) is 1. The molecule has 2 heterocycles. The van der Waals surface area contributed by atoms with Gasteiger partial charge >= 0.3 is 0 Å². The average molecular weight is 386 g/mol. The monoisotopic (exact) mass is 386 g/mol. The topological polar surface area (TPSA) is 113 Å². The van der Waals surface area contributed by atoms with Crippen molar-refractivity contribution in [2.24, 2.45) is 0 Å². The number of benzene rings is 1. The molecule has 0 aliphatic heterocycles. The van der Waals surface area contributed by atoms with Crippen molar-refractivity contribution in [2.45, 2.75) is 13.5 Å². The lowest BCUT2D eigenvalue weighted by Crippen LogP contribution is -2.41. The van der Waals surface area contributed by atoms with E-state index in [2.05, 4.69) is 20.9 Å². The molecule has 0 fully saturated rings. The lowest BCUT2D eigenvalue weighted by Gasteiger charge is -2.06. The second-order valence-electron chi connectivity index (χ2n) is 5.72. The summed E-state index contributed by atoms with van der Waals surface area (Å²) in [4.78, 5) is 38.5. The molecule has 1 aromatic carbocycles. The van der Waals surface area contributed by atoms with Gasteiger partial charge in [0.25, 0.3) is 0 Å². The van der Waals surface area contributed by atoms with Gasteiger partial charge in [0.2, 0.25) is 17.7 Å². The van der Waals surface area contributed by atoms with E-state index in [-0.39, 0.29) is 31.4 Å². The molecular weight excluding hydrogens is 368 g/mol. The summed E-state index contributed by atoms with van der Waals surface area (Å²) < 4.78 is 6.82. The van der Waals surface area contributed by atoms with Crippen molar-refractivity contribution in [1.82, 2.24) is 20.9 Å². The summed E-state index contributed by atoms with van der Waals surface area (Å²) in [5, 5.41) is 8.20. The van der Waals surface area contributed by atoms with Crippen LogP contribution in [0.2, 0.25) is 0 Å². The molecule has 0 radical (unpaired) electrons. The van der Waals surface area contributed by atoms with Crippen LogP contribution < -0.4 is 16.0 Å². The number of carbonyl (C=O) groups is 3. The number of rotatable bonds is 7. The molecule has 3 N–H and O–H groups in total. The first-order chi connectivity index (χ1) is 13.0. The van der Waals surface area contributed by atoms with Gasteiger partial charge in [0.05, 0.1) is 29.9 Å². The molecule has 2 aromatic heterocycles. The first-order valence-corrected chi connectivity index (χ1v) is 9.05. The number of amides is 3. The third-order valence-electron chi connectivity index (χ3n) is 3.57. The zero-order chi connectivity index (χ0) is 19.2. The number of hydrogen-bond acceptors (Lipinski definition) is 6. The van der Waals surface area contributed by atoms with E-state index in [0.29, 0.717) is 11.5 Å². The Hall–Kier alpha value is -3.20. The number of aromatic nitrogens is 1. The SMILES string of the molecule is CC(=O)NCC(=O)NCC(=O)NCc1ccc(-c2nc3ccccc3s2)o1. The van der Waals surface area contributed by atoms with Gasteiger partial charge in [-0.2, -0.15) is 0 Å². The normalized spacial score (nSPS) is 10.6. The summed E-state index contributed by atoms with van der Waals surface area (Å²) in [6.45, 7) is 1.17. The Labute approximate surface area is 159 Å². The van der Waals surface area contributed by atoms with Crippen molar-refractivity contribution in [3.8, 4) is 10.8 Å². The fraction of sp³-hybridized carbons (Fsp3) is 0.222. The van der Waals surface area contributed by atoms with E-state index in [9.17, 15) is 14.4 Å². The fourth-order valence-corrected chi connectivity index (χ4v) is 3.19.